The van der Waals surface area contributed by atoms with Crippen molar-refractivity contribution in [3.05, 3.63) is 71.0 Å². The highest BCUT2D eigenvalue weighted by Crippen LogP contribution is 2.40. The van der Waals surface area contributed by atoms with Gasteiger partial charge in [0.25, 0.3) is 0 Å². The van der Waals surface area contributed by atoms with Gasteiger partial charge in [-0.3, -0.25) is 0 Å². The van der Waals surface area contributed by atoms with Crippen LogP contribution in [0.4, 0.5) is 26.3 Å². The van der Waals surface area contributed by atoms with Gasteiger partial charge in [0, 0.05) is 21.8 Å². The van der Waals surface area contributed by atoms with Gasteiger partial charge in [-0.05, 0) is 50.2 Å². The maximum absolute atomic E-state index is 13.5. The van der Waals surface area contributed by atoms with Gasteiger partial charge in [-0.25, -0.2) is 4.79 Å². The molecule has 0 amide bonds. The minimum Gasteiger partial charge on any atom is -0.481 e. The third-order valence-corrected chi connectivity index (χ3v) is 5.86. The topological polar surface area (TPSA) is 48.7 Å². The van der Waals surface area contributed by atoms with Gasteiger partial charge in [0.2, 0.25) is 0 Å². The highest BCUT2D eigenvalue weighted by Gasteiger charge is 2.35. The number of carbonyl (C=O) groups excluding carboxylic acids is 1. The summed E-state index contributed by atoms with van der Waals surface area (Å²) in [5.41, 5.74) is -0.683. The van der Waals surface area contributed by atoms with E-state index in [-0.39, 0.29) is 12.4 Å². The molecule has 2 aromatic carbocycles. The summed E-state index contributed by atoms with van der Waals surface area (Å²) in [6.45, 7) is 2.67. The van der Waals surface area contributed by atoms with Crippen molar-refractivity contribution in [3.8, 4) is 17.1 Å². The molecule has 0 spiro atoms. The predicted molar refractivity (Wildman–Crippen MR) is 117 cm³/mol. The van der Waals surface area contributed by atoms with Crippen molar-refractivity contribution in [1.29, 1.82) is 0 Å². The molecule has 3 aromatic rings. The molecule has 35 heavy (non-hydrogen) atoms. The van der Waals surface area contributed by atoms with E-state index in [4.69, 9.17) is 9.15 Å². The Morgan fingerprint density at radius 3 is 2.26 bits per heavy atom. The van der Waals surface area contributed by atoms with Crippen molar-refractivity contribution >= 4 is 17.7 Å². The molecule has 0 atom stereocenters. The summed E-state index contributed by atoms with van der Waals surface area (Å²) in [5.74, 6) is -0.156. The second kappa shape index (κ2) is 10.7. The van der Waals surface area contributed by atoms with E-state index in [1.807, 2.05) is 0 Å². The minimum atomic E-state index is -4.71. The van der Waals surface area contributed by atoms with Crippen LogP contribution in [0.2, 0.25) is 0 Å². The van der Waals surface area contributed by atoms with Crippen LogP contribution in [0.25, 0.3) is 11.3 Å². The summed E-state index contributed by atoms with van der Waals surface area (Å²) in [5, 5.41) is 0. The molecule has 0 saturated carbocycles. The first-order valence-electron chi connectivity index (χ1n) is 10.3. The van der Waals surface area contributed by atoms with Gasteiger partial charge in [0.05, 0.1) is 17.7 Å². The lowest BCUT2D eigenvalue weighted by Crippen LogP contribution is -2.17. The Labute approximate surface area is 201 Å². The van der Waals surface area contributed by atoms with E-state index >= 15 is 0 Å². The van der Waals surface area contributed by atoms with Gasteiger partial charge in [-0.2, -0.15) is 26.3 Å². The normalized spacial score (nSPS) is 12.0. The van der Waals surface area contributed by atoms with Gasteiger partial charge >= 0.3 is 18.3 Å². The molecule has 4 nitrogen and oxygen atoms in total. The van der Waals surface area contributed by atoms with Gasteiger partial charge in [0.1, 0.15) is 17.3 Å². The number of alkyl halides is 6. The summed E-state index contributed by atoms with van der Waals surface area (Å²) in [6, 6.07) is 9.64. The zero-order valence-electron chi connectivity index (χ0n) is 18.5. The van der Waals surface area contributed by atoms with Crippen molar-refractivity contribution in [2.45, 2.75) is 36.8 Å². The standard InChI is InChI=1S/C24H20F6O4S/c1-3-32-22(31)12-33-20-9-8-18(11-19(20)24(28,29)30)35-13-16-10-21(34-14(16)2)15-4-6-17(7-5-15)23(25,26)27/h4-11H,3,12-13H2,1-2H3. The number of thioether (sulfide) groups is 1. The Morgan fingerprint density at radius 2 is 1.66 bits per heavy atom. The van der Waals surface area contributed by atoms with E-state index in [0.29, 0.717) is 27.5 Å². The van der Waals surface area contributed by atoms with Crippen molar-refractivity contribution in [2.24, 2.45) is 0 Å². The zero-order valence-corrected chi connectivity index (χ0v) is 19.4. The summed E-state index contributed by atoms with van der Waals surface area (Å²) in [6.07, 6.45) is -9.16. The van der Waals surface area contributed by atoms with E-state index in [2.05, 4.69) is 4.74 Å². The zero-order chi connectivity index (χ0) is 25.8. The second-order valence-corrected chi connectivity index (χ2v) is 8.35. The van der Waals surface area contributed by atoms with Crippen molar-refractivity contribution in [1.82, 2.24) is 0 Å². The third kappa shape index (κ3) is 6.97. The Kier molecular flexibility index (Phi) is 8.09. The van der Waals surface area contributed by atoms with Crippen LogP contribution in [0.3, 0.4) is 0 Å². The SMILES string of the molecule is CCOC(=O)COc1ccc(SCc2cc(-c3ccc(C(F)(F)F)cc3)oc2C)cc1C(F)(F)F. The van der Waals surface area contributed by atoms with Crippen LogP contribution >= 0.6 is 11.8 Å². The molecule has 0 N–H and O–H groups in total. The lowest BCUT2D eigenvalue weighted by Gasteiger charge is -2.15. The van der Waals surface area contributed by atoms with E-state index in [1.165, 1.54) is 18.2 Å². The molecule has 0 unspecified atom stereocenters. The third-order valence-electron chi connectivity index (χ3n) is 4.82. The molecule has 0 saturated heterocycles. The minimum absolute atomic E-state index is 0.0813. The number of rotatable bonds is 8. The van der Waals surface area contributed by atoms with Crippen LogP contribution in [0.15, 0.2) is 57.8 Å². The van der Waals surface area contributed by atoms with Gasteiger partial charge in [-0.1, -0.05) is 12.1 Å². The largest absolute Gasteiger partial charge is 0.481 e. The number of aryl methyl sites for hydroxylation is 1. The number of furan rings is 1. The molecule has 3 rings (SSSR count). The maximum atomic E-state index is 13.5. The fourth-order valence-corrected chi connectivity index (χ4v) is 4.05. The van der Waals surface area contributed by atoms with Crippen LogP contribution < -0.4 is 4.74 Å². The highest BCUT2D eigenvalue weighted by atomic mass is 32.2. The molecule has 0 aliphatic rings. The van der Waals surface area contributed by atoms with Crippen LogP contribution in [0.1, 0.15) is 29.4 Å². The fourth-order valence-electron chi connectivity index (χ4n) is 3.08. The molecular weight excluding hydrogens is 498 g/mol. The molecule has 1 aromatic heterocycles. The van der Waals surface area contributed by atoms with Crippen molar-refractivity contribution in [3.63, 3.8) is 0 Å². The number of hydrogen-bond acceptors (Lipinski definition) is 5. The molecule has 11 heteroatoms. The number of halogens is 6. The quantitative estimate of drug-likeness (QED) is 0.175. The Hall–Kier alpha value is -3.08. The average Bonchev–Trinajstić information content (AvgIpc) is 3.16. The van der Waals surface area contributed by atoms with E-state index < -0.39 is 41.8 Å². The lowest BCUT2D eigenvalue weighted by atomic mass is 10.1. The Bertz CT molecular complexity index is 1170. The fraction of sp³-hybridized carbons (Fsp3) is 0.292. The molecule has 188 valence electrons. The van der Waals surface area contributed by atoms with E-state index in [0.717, 1.165) is 36.0 Å². The Morgan fingerprint density at radius 1 is 0.971 bits per heavy atom. The van der Waals surface area contributed by atoms with Gasteiger partial charge in [0.15, 0.2) is 6.61 Å². The number of benzene rings is 2. The monoisotopic (exact) mass is 518 g/mol. The van der Waals surface area contributed by atoms with Crippen LogP contribution in [0, 0.1) is 6.92 Å². The second-order valence-electron chi connectivity index (χ2n) is 7.31. The van der Waals surface area contributed by atoms with Crippen LogP contribution in [0.5, 0.6) is 5.75 Å². The number of hydrogen-bond donors (Lipinski definition) is 0. The van der Waals surface area contributed by atoms with E-state index in [9.17, 15) is 31.1 Å². The molecule has 0 aliphatic carbocycles. The smallest absolute Gasteiger partial charge is 0.420 e. The molecule has 0 aliphatic heterocycles. The Balaban J connectivity index is 1.73. The number of ether oxygens (including phenoxy) is 2. The van der Waals surface area contributed by atoms with Gasteiger partial charge < -0.3 is 13.9 Å². The van der Waals surface area contributed by atoms with E-state index in [1.54, 1.807) is 19.9 Å². The summed E-state index contributed by atoms with van der Waals surface area (Å²) < 4.78 is 94.2. The van der Waals surface area contributed by atoms with Crippen molar-refractivity contribution in [2.75, 3.05) is 13.2 Å². The summed E-state index contributed by atoms with van der Waals surface area (Å²) in [4.78, 5) is 11.7. The molecule has 0 bridgehead atoms. The molecule has 0 fully saturated rings. The first kappa shape index (κ1) is 26.5. The summed E-state index contributed by atoms with van der Waals surface area (Å²) >= 11 is 1.12. The predicted octanol–water partition coefficient (Wildman–Crippen LogP) is 7.53. The lowest BCUT2D eigenvalue weighted by molar-refractivity contribution is -0.147. The molecule has 0 radical (unpaired) electrons. The first-order chi connectivity index (χ1) is 16.4. The highest BCUT2D eigenvalue weighted by molar-refractivity contribution is 7.98. The summed E-state index contributed by atoms with van der Waals surface area (Å²) in [7, 11) is 0. The van der Waals surface area contributed by atoms with Gasteiger partial charge in [-0.15, -0.1) is 11.8 Å². The number of carbonyl (C=O) groups is 1. The number of esters is 1. The maximum Gasteiger partial charge on any atom is 0.420 e. The molecular formula is C24H20F6O4S. The average molecular weight is 518 g/mol. The molecule has 1 heterocycles. The van der Waals surface area contributed by atoms with Crippen LogP contribution in [-0.4, -0.2) is 19.2 Å². The van der Waals surface area contributed by atoms with Crippen LogP contribution in [-0.2, 0) is 27.6 Å². The van der Waals surface area contributed by atoms with Crippen molar-refractivity contribution < 1.29 is 45.0 Å². The first-order valence-corrected chi connectivity index (χ1v) is 11.3.